The van der Waals surface area contributed by atoms with Crippen LogP contribution in [0.15, 0.2) is 134 Å². The number of para-hydroxylation sites is 2. The van der Waals surface area contributed by atoms with E-state index in [0.717, 1.165) is 68.0 Å². The number of aromatic nitrogens is 3. The van der Waals surface area contributed by atoms with Gasteiger partial charge in [-0.05, 0) is 112 Å². The van der Waals surface area contributed by atoms with Crippen LogP contribution in [-0.4, -0.2) is 22.6 Å². The molecule has 0 aliphatic carbocycles. The topological polar surface area (TPSA) is 30.7 Å². The smallest absolute Gasteiger partial charge is 0.123 e. The van der Waals surface area contributed by atoms with E-state index in [1.54, 1.807) is 11.3 Å². The Morgan fingerprint density at radius 2 is 1.47 bits per heavy atom. The average Bonchev–Trinajstić information content (AvgIpc) is 3.77. The summed E-state index contributed by atoms with van der Waals surface area (Å²) < 4.78 is 18.3. The molecule has 293 valence electrons. The first-order valence-corrected chi connectivity index (χ1v) is 23.9. The fourth-order valence-corrected chi connectivity index (χ4v) is 10.7. The second-order valence-electron chi connectivity index (χ2n) is 16.3. The average molecular weight is 972 g/mol. The van der Waals surface area contributed by atoms with Gasteiger partial charge in [0.15, 0.2) is 0 Å². The van der Waals surface area contributed by atoms with Crippen molar-refractivity contribution in [3.8, 4) is 39.5 Å². The Hall–Kier alpha value is -5.04. The third kappa shape index (κ3) is 8.28. The van der Waals surface area contributed by atoms with Crippen molar-refractivity contribution in [3.05, 3.63) is 168 Å². The van der Waals surface area contributed by atoms with Crippen LogP contribution in [0, 0.1) is 37.7 Å². The number of hydrogen-bond acceptors (Lipinski definition) is 3. The first-order valence-electron chi connectivity index (χ1n) is 19.6. The molecule has 0 bridgehead atoms. The molecule has 6 aromatic carbocycles. The molecule has 0 unspecified atom stereocenters. The quantitative estimate of drug-likeness (QED) is 0.118. The molecule has 9 rings (SSSR count). The Balaban J connectivity index is 0.000000208. The molecule has 0 saturated heterocycles. The minimum atomic E-state index is -1.34. The summed E-state index contributed by atoms with van der Waals surface area (Å²) in [6, 6.07) is 49.2. The maximum atomic E-state index is 13.5. The van der Waals surface area contributed by atoms with Crippen LogP contribution >= 0.6 is 11.3 Å². The van der Waals surface area contributed by atoms with Crippen molar-refractivity contribution in [1.82, 2.24) is 14.5 Å². The maximum absolute atomic E-state index is 13.5. The van der Waals surface area contributed by atoms with Gasteiger partial charge < -0.3 is 9.55 Å². The first-order chi connectivity index (χ1) is 27.5. The van der Waals surface area contributed by atoms with Crippen molar-refractivity contribution in [1.29, 1.82) is 0 Å². The number of halogens is 1. The predicted octanol–water partition coefficient (Wildman–Crippen LogP) is 13.6. The Labute approximate surface area is 360 Å². The van der Waals surface area contributed by atoms with E-state index in [1.807, 2.05) is 42.5 Å². The molecule has 9 aromatic rings. The number of imidazole rings is 1. The second kappa shape index (κ2) is 17.0. The molecule has 0 N–H and O–H groups in total. The normalized spacial score (nSPS) is 11.5. The summed E-state index contributed by atoms with van der Waals surface area (Å²) in [6.07, 6.45) is 3.24. The van der Waals surface area contributed by atoms with Crippen LogP contribution in [0.5, 0.6) is 0 Å². The van der Waals surface area contributed by atoms with Crippen molar-refractivity contribution in [2.45, 2.75) is 53.8 Å². The molecule has 58 heavy (non-hydrogen) atoms. The molecule has 3 aromatic heterocycles. The van der Waals surface area contributed by atoms with Gasteiger partial charge in [0.05, 0.1) is 24.9 Å². The summed E-state index contributed by atoms with van der Waals surface area (Å²) in [5, 5.41) is 3.98. The second-order valence-corrected chi connectivity index (χ2v) is 22.4. The molecule has 3 nitrogen and oxygen atoms in total. The molecule has 3 heterocycles. The van der Waals surface area contributed by atoms with Crippen LogP contribution in [0.2, 0.25) is 19.6 Å². The summed E-state index contributed by atoms with van der Waals surface area (Å²) >= 11 is 1.79. The molecule has 0 saturated carbocycles. The Kier molecular flexibility index (Phi) is 12.1. The van der Waals surface area contributed by atoms with E-state index in [-0.39, 0.29) is 25.9 Å². The molecule has 1 radical (unpaired) electrons. The fraction of sp³-hybridized carbons (Fsp3) is 0.176. The Morgan fingerprint density at radius 3 is 2.17 bits per heavy atom. The van der Waals surface area contributed by atoms with Crippen molar-refractivity contribution < 1.29 is 24.5 Å². The molecular formula is C51H46FIrN3SSi-2. The predicted molar refractivity (Wildman–Crippen MR) is 243 cm³/mol. The van der Waals surface area contributed by atoms with E-state index in [4.69, 9.17) is 4.98 Å². The monoisotopic (exact) mass is 972 g/mol. The molecule has 0 spiro atoms. The zero-order valence-electron chi connectivity index (χ0n) is 33.9. The van der Waals surface area contributed by atoms with Gasteiger partial charge in [0.2, 0.25) is 0 Å². The summed E-state index contributed by atoms with van der Waals surface area (Å²) in [5.41, 5.74) is 12.1. The SMILES string of the molecule is CC(C)Cc1cc(-c2[c-]cccc2)ncc1[Si](C)(C)C.Cc1cc(-c2ccc(F)cc2)cc(C)c1-n1c(-c2[c-]ccc3c2sc2ccccc23)nc2ccccc21.[Ir]. The van der Waals surface area contributed by atoms with E-state index < -0.39 is 8.07 Å². The summed E-state index contributed by atoms with van der Waals surface area (Å²) in [7, 11) is -1.34. The zero-order valence-corrected chi connectivity index (χ0v) is 38.2. The van der Waals surface area contributed by atoms with E-state index in [2.05, 4.69) is 148 Å². The summed E-state index contributed by atoms with van der Waals surface area (Å²) in [5.74, 6) is 1.33. The molecule has 0 fully saturated rings. The van der Waals surface area contributed by atoms with Gasteiger partial charge in [0.1, 0.15) is 5.82 Å². The van der Waals surface area contributed by atoms with Crippen LogP contribution in [0.4, 0.5) is 4.39 Å². The van der Waals surface area contributed by atoms with Crippen LogP contribution in [0.3, 0.4) is 0 Å². The summed E-state index contributed by atoms with van der Waals surface area (Å²) in [4.78, 5) is 9.84. The van der Waals surface area contributed by atoms with Crippen molar-refractivity contribution >= 4 is 55.8 Å². The number of thiophene rings is 1. The number of aryl methyl sites for hydroxylation is 2. The van der Waals surface area contributed by atoms with Gasteiger partial charge in [-0.2, -0.15) is 11.3 Å². The van der Waals surface area contributed by atoms with Crippen LogP contribution in [-0.2, 0) is 26.5 Å². The van der Waals surface area contributed by atoms with Gasteiger partial charge in [-0.1, -0.05) is 98.5 Å². The van der Waals surface area contributed by atoms with E-state index in [1.165, 1.54) is 43.1 Å². The standard InChI is InChI=1S/C33H22FN2S.C18H24NSi.Ir/c1-20-18-23(22-14-16-24(34)17-15-22)19-21(2)31(20)36-29-12-5-4-11-28(29)35-33(36)27-10-7-9-26-25-8-3-6-13-30(25)37-32(26)27;1-14(2)11-16-12-17(15-9-7-6-8-10-15)19-13-18(16)20(3,4)5;/h3-9,11-19H,1-2H3;6-9,12-14H,11H2,1-5H3;/q2*-1;. The van der Waals surface area contributed by atoms with Gasteiger partial charge >= 0.3 is 0 Å². The number of hydrogen-bond donors (Lipinski definition) is 0. The van der Waals surface area contributed by atoms with Gasteiger partial charge in [-0.25, -0.2) is 4.39 Å². The van der Waals surface area contributed by atoms with Gasteiger partial charge in [0, 0.05) is 36.7 Å². The van der Waals surface area contributed by atoms with Crippen LogP contribution < -0.4 is 5.19 Å². The number of rotatable bonds is 7. The molecule has 7 heteroatoms. The number of nitrogens with zero attached hydrogens (tertiary/aromatic N) is 3. The fourth-order valence-electron chi connectivity index (χ4n) is 7.88. The summed E-state index contributed by atoms with van der Waals surface area (Å²) in [6.45, 7) is 16.0. The minimum absolute atomic E-state index is 0. The molecule has 0 amide bonds. The first kappa shape index (κ1) is 41.1. The van der Waals surface area contributed by atoms with E-state index >= 15 is 0 Å². The van der Waals surface area contributed by atoms with Crippen molar-refractivity contribution in [2.75, 3.05) is 0 Å². The maximum Gasteiger partial charge on any atom is 0.123 e. The van der Waals surface area contributed by atoms with Gasteiger partial charge in [-0.3, -0.25) is 4.98 Å². The largest absolute Gasteiger partial charge is 0.333 e. The Morgan fingerprint density at radius 1 is 0.759 bits per heavy atom. The van der Waals surface area contributed by atoms with Gasteiger partial charge in [0.25, 0.3) is 0 Å². The Bertz CT molecular complexity index is 2850. The van der Waals surface area contributed by atoms with E-state index in [9.17, 15) is 4.39 Å². The minimum Gasteiger partial charge on any atom is -0.333 e. The van der Waals surface area contributed by atoms with Crippen molar-refractivity contribution in [2.24, 2.45) is 5.92 Å². The van der Waals surface area contributed by atoms with Crippen LogP contribution in [0.1, 0.15) is 30.5 Å². The number of benzene rings is 6. The molecule has 0 aliphatic rings. The van der Waals surface area contributed by atoms with Crippen LogP contribution in [0.25, 0.3) is 70.7 Å². The van der Waals surface area contributed by atoms with Gasteiger partial charge in [-0.15, -0.1) is 54.1 Å². The number of pyridine rings is 1. The third-order valence-corrected chi connectivity index (χ3v) is 13.7. The van der Waals surface area contributed by atoms with E-state index in [0.29, 0.717) is 5.92 Å². The molecular weight excluding hydrogens is 926 g/mol. The molecule has 0 atom stereocenters. The third-order valence-electron chi connectivity index (χ3n) is 10.4. The van der Waals surface area contributed by atoms with Crippen molar-refractivity contribution in [3.63, 3.8) is 0 Å². The zero-order chi connectivity index (χ0) is 39.8. The molecule has 0 aliphatic heterocycles. The number of fused-ring (bicyclic) bond motifs is 4.